The summed E-state index contributed by atoms with van der Waals surface area (Å²) in [6.45, 7) is 0.506. The van der Waals surface area contributed by atoms with Crippen LogP contribution >= 0.6 is 0 Å². The number of hydrogen-bond acceptors (Lipinski definition) is 3. The van der Waals surface area contributed by atoms with E-state index in [0.717, 1.165) is 16.9 Å². The monoisotopic (exact) mass is 333 g/mol. The van der Waals surface area contributed by atoms with Crippen molar-refractivity contribution >= 4 is 23.0 Å². The van der Waals surface area contributed by atoms with E-state index in [1.807, 2.05) is 66.5 Å². The summed E-state index contributed by atoms with van der Waals surface area (Å²) in [6.07, 6.45) is 1.74. The number of para-hydroxylation sites is 2. The second kappa shape index (κ2) is 5.70. The van der Waals surface area contributed by atoms with Crippen molar-refractivity contribution < 1.29 is 9.90 Å². The summed E-state index contributed by atoms with van der Waals surface area (Å²) in [7, 11) is 3.63. The number of aromatic hydroxyl groups is 1. The molecule has 2 aromatic carbocycles. The van der Waals surface area contributed by atoms with Crippen LogP contribution in [0.4, 0.5) is 17.1 Å². The van der Waals surface area contributed by atoms with Crippen LogP contribution in [0.5, 0.6) is 5.88 Å². The number of anilines is 3. The van der Waals surface area contributed by atoms with E-state index < -0.39 is 0 Å². The van der Waals surface area contributed by atoms with Gasteiger partial charge in [-0.05, 0) is 17.7 Å². The molecular formula is C20H19N3O2. The molecule has 5 heteroatoms. The second-order valence-electron chi connectivity index (χ2n) is 6.24. The Balaban J connectivity index is 1.85. The zero-order valence-electron chi connectivity index (χ0n) is 14.2. The Hall–Kier alpha value is -3.21. The normalized spacial score (nSPS) is 13.4. The number of rotatable bonds is 2. The van der Waals surface area contributed by atoms with E-state index in [-0.39, 0.29) is 11.8 Å². The first kappa shape index (κ1) is 15.3. The Morgan fingerprint density at radius 2 is 1.48 bits per heavy atom. The summed E-state index contributed by atoms with van der Waals surface area (Å²) < 4.78 is 1.72. The van der Waals surface area contributed by atoms with Gasteiger partial charge in [0, 0.05) is 20.3 Å². The number of carbonyl (C=O) groups is 1. The zero-order valence-corrected chi connectivity index (χ0v) is 14.2. The summed E-state index contributed by atoms with van der Waals surface area (Å²) in [5, 5.41) is 10.8. The fourth-order valence-electron chi connectivity index (χ4n) is 3.36. The van der Waals surface area contributed by atoms with Gasteiger partial charge in [0.1, 0.15) is 5.69 Å². The van der Waals surface area contributed by atoms with Gasteiger partial charge in [-0.25, -0.2) is 0 Å². The number of carbonyl (C=O) groups excluding carboxylic acids is 1. The van der Waals surface area contributed by atoms with Gasteiger partial charge in [0.15, 0.2) is 0 Å². The predicted molar refractivity (Wildman–Crippen MR) is 98.9 cm³/mol. The smallest absolute Gasteiger partial charge is 0.261 e. The van der Waals surface area contributed by atoms with Gasteiger partial charge in [0.2, 0.25) is 5.88 Å². The van der Waals surface area contributed by atoms with E-state index in [9.17, 15) is 9.90 Å². The highest BCUT2D eigenvalue weighted by Gasteiger charge is 2.32. The number of nitrogens with zero attached hydrogens (tertiary/aromatic N) is 3. The highest BCUT2D eigenvalue weighted by Crippen LogP contribution is 2.44. The van der Waals surface area contributed by atoms with Gasteiger partial charge in [0.25, 0.3) is 5.91 Å². The molecule has 0 atom stereocenters. The van der Waals surface area contributed by atoms with Gasteiger partial charge in [0.05, 0.1) is 23.5 Å². The topological polar surface area (TPSA) is 48.7 Å². The van der Waals surface area contributed by atoms with Crippen LogP contribution in [-0.4, -0.2) is 29.7 Å². The molecule has 1 N–H and O–H groups in total. The minimum absolute atomic E-state index is 0.0970. The molecule has 0 spiro atoms. The third kappa shape index (κ3) is 2.36. The van der Waals surface area contributed by atoms with Gasteiger partial charge in [-0.2, -0.15) is 0 Å². The van der Waals surface area contributed by atoms with Gasteiger partial charge >= 0.3 is 0 Å². The van der Waals surface area contributed by atoms with Crippen LogP contribution in [0.15, 0.2) is 60.8 Å². The molecular weight excluding hydrogens is 314 g/mol. The van der Waals surface area contributed by atoms with E-state index in [0.29, 0.717) is 17.8 Å². The van der Waals surface area contributed by atoms with Crippen LogP contribution in [0.2, 0.25) is 0 Å². The molecule has 0 bridgehead atoms. The van der Waals surface area contributed by atoms with Crippen molar-refractivity contribution in [2.45, 2.75) is 6.54 Å². The summed E-state index contributed by atoms with van der Waals surface area (Å²) in [5.74, 6) is -0.0336. The van der Waals surface area contributed by atoms with Crippen molar-refractivity contribution in [1.82, 2.24) is 4.57 Å². The van der Waals surface area contributed by atoms with Crippen molar-refractivity contribution in [1.29, 1.82) is 0 Å². The lowest BCUT2D eigenvalue weighted by Crippen LogP contribution is -2.25. The number of amides is 1. The number of benzene rings is 2. The van der Waals surface area contributed by atoms with Gasteiger partial charge in [-0.15, -0.1) is 0 Å². The van der Waals surface area contributed by atoms with E-state index in [1.165, 1.54) is 0 Å². The van der Waals surface area contributed by atoms with Crippen molar-refractivity contribution in [3.63, 3.8) is 0 Å². The molecule has 0 radical (unpaired) electrons. The van der Waals surface area contributed by atoms with Gasteiger partial charge in [-0.1, -0.05) is 42.5 Å². The van der Waals surface area contributed by atoms with Gasteiger partial charge in [-0.3, -0.25) is 4.79 Å². The van der Waals surface area contributed by atoms with Crippen LogP contribution in [0, 0.1) is 0 Å². The standard InChI is InChI=1S/C20H19N3O2/c1-21-16-10-6-7-11-17(16)22(2)19(24)15-13-23(20(25)18(15)21)12-14-8-4-3-5-9-14/h3-11,13,25H,12H2,1-2H3. The predicted octanol–water partition coefficient (Wildman–Crippen LogP) is 3.60. The Kier molecular flexibility index (Phi) is 3.50. The molecule has 5 nitrogen and oxygen atoms in total. The highest BCUT2D eigenvalue weighted by molar-refractivity contribution is 6.14. The zero-order chi connectivity index (χ0) is 17.6. The molecule has 1 aliphatic rings. The van der Waals surface area contributed by atoms with E-state index in [1.54, 1.807) is 22.7 Å². The fourth-order valence-corrected chi connectivity index (χ4v) is 3.36. The molecule has 0 fully saturated rings. The summed E-state index contributed by atoms with van der Waals surface area (Å²) in [6, 6.07) is 17.6. The Morgan fingerprint density at radius 3 is 2.16 bits per heavy atom. The lowest BCUT2D eigenvalue weighted by Gasteiger charge is -2.22. The molecule has 0 unspecified atom stereocenters. The average Bonchev–Trinajstić information content (AvgIpc) is 2.93. The molecule has 25 heavy (non-hydrogen) atoms. The Morgan fingerprint density at radius 1 is 0.880 bits per heavy atom. The number of hydrogen-bond donors (Lipinski definition) is 1. The summed E-state index contributed by atoms with van der Waals surface area (Å²) in [4.78, 5) is 16.4. The lowest BCUT2D eigenvalue weighted by molar-refractivity contribution is 0.0994. The van der Waals surface area contributed by atoms with Crippen molar-refractivity contribution in [3.8, 4) is 5.88 Å². The van der Waals surface area contributed by atoms with Crippen molar-refractivity contribution in [2.75, 3.05) is 23.9 Å². The molecule has 2 heterocycles. The highest BCUT2D eigenvalue weighted by atomic mass is 16.3. The van der Waals surface area contributed by atoms with Crippen molar-refractivity contribution in [2.24, 2.45) is 0 Å². The van der Waals surface area contributed by atoms with Crippen LogP contribution in [0.25, 0.3) is 0 Å². The maximum atomic E-state index is 12.9. The molecule has 0 saturated carbocycles. The Bertz CT molecular complexity index is 947. The van der Waals surface area contributed by atoms with E-state index in [2.05, 4.69) is 0 Å². The molecule has 0 saturated heterocycles. The molecule has 4 rings (SSSR count). The lowest BCUT2D eigenvalue weighted by atomic mass is 10.2. The largest absolute Gasteiger partial charge is 0.493 e. The van der Waals surface area contributed by atoms with Crippen LogP contribution < -0.4 is 9.80 Å². The third-order valence-corrected chi connectivity index (χ3v) is 4.69. The number of fused-ring (bicyclic) bond motifs is 2. The summed E-state index contributed by atoms with van der Waals surface area (Å²) in [5.41, 5.74) is 3.80. The van der Waals surface area contributed by atoms with E-state index in [4.69, 9.17) is 0 Å². The summed E-state index contributed by atoms with van der Waals surface area (Å²) >= 11 is 0. The van der Waals surface area contributed by atoms with Crippen molar-refractivity contribution in [3.05, 3.63) is 71.9 Å². The molecule has 1 amide bonds. The Labute approximate surface area is 146 Å². The van der Waals surface area contributed by atoms with Gasteiger partial charge < -0.3 is 19.5 Å². The number of aromatic nitrogens is 1. The van der Waals surface area contributed by atoms with Crippen LogP contribution in [-0.2, 0) is 6.54 Å². The first-order valence-corrected chi connectivity index (χ1v) is 8.14. The maximum Gasteiger partial charge on any atom is 0.261 e. The average molecular weight is 333 g/mol. The maximum absolute atomic E-state index is 12.9. The molecule has 1 aromatic heterocycles. The first-order chi connectivity index (χ1) is 12.1. The second-order valence-corrected chi connectivity index (χ2v) is 6.24. The van der Waals surface area contributed by atoms with Crippen LogP contribution in [0.3, 0.4) is 0 Å². The SMILES string of the molecule is CN1C(=O)c2cn(Cc3ccccc3)c(O)c2N(C)c2ccccc21. The molecule has 1 aliphatic heterocycles. The minimum atomic E-state index is -0.131. The minimum Gasteiger partial charge on any atom is -0.493 e. The first-order valence-electron chi connectivity index (χ1n) is 8.14. The van der Waals surface area contributed by atoms with Crippen LogP contribution in [0.1, 0.15) is 15.9 Å². The fraction of sp³-hybridized carbons (Fsp3) is 0.150. The third-order valence-electron chi connectivity index (χ3n) is 4.69. The quantitative estimate of drug-likeness (QED) is 0.779. The molecule has 3 aromatic rings. The van der Waals surface area contributed by atoms with E-state index >= 15 is 0 Å². The molecule has 0 aliphatic carbocycles. The molecule has 126 valence electrons.